The monoisotopic (exact) mass is 480 g/mol. The van der Waals surface area contributed by atoms with Crippen LogP contribution in [0.4, 0.5) is 8.78 Å². The maximum atomic E-state index is 14.2. The van der Waals surface area contributed by atoms with Crippen molar-refractivity contribution in [3.05, 3.63) is 47.6 Å². The number of carbonyl (C=O) groups is 1. The van der Waals surface area contributed by atoms with Crippen LogP contribution in [-0.2, 0) is 15.6 Å². The van der Waals surface area contributed by atoms with E-state index in [-0.39, 0.29) is 29.2 Å². The Labute approximate surface area is 195 Å². The summed E-state index contributed by atoms with van der Waals surface area (Å²) < 4.78 is 40.4. The second kappa shape index (κ2) is 8.87. The number of hydrogen-bond acceptors (Lipinski definition) is 5. The Balaban J connectivity index is 2.03. The van der Waals surface area contributed by atoms with Crippen LogP contribution >= 0.6 is 0 Å². The summed E-state index contributed by atoms with van der Waals surface area (Å²) in [7, 11) is -2.24. The molecule has 1 aromatic rings. The molecule has 0 bridgehead atoms. The summed E-state index contributed by atoms with van der Waals surface area (Å²) in [5.74, 6) is -6.06. The minimum Gasteiger partial charge on any atom is -0.508 e. The van der Waals surface area contributed by atoms with Gasteiger partial charge in [0.25, 0.3) is 5.92 Å². The van der Waals surface area contributed by atoms with Gasteiger partial charge in [0.05, 0.1) is 18.1 Å². The number of benzene rings is 1. The number of allylic oxidation sites excluding steroid dienone is 3. The zero-order valence-electron chi connectivity index (χ0n) is 20.1. The van der Waals surface area contributed by atoms with E-state index in [0.29, 0.717) is 5.56 Å². The number of phenols is 2. The van der Waals surface area contributed by atoms with Crippen molar-refractivity contribution in [1.29, 1.82) is 0 Å². The first-order valence-electron chi connectivity index (χ1n) is 11.3. The molecule has 0 aromatic heterocycles. The van der Waals surface area contributed by atoms with Crippen molar-refractivity contribution in [1.82, 2.24) is 0 Å². The Morgan fingerprint density at radius 2 is 1.79 bits per heavy atom. The number of cyclic esters (lactones) is 1. The average molecular weight is 481 g/mol. The van der Waals surface area contributed by atoms with E-state index in [1.54, 1.807) is 25.2 Å². The highest BCUT2D eigenvalue weighted by Crippen LogP contribution is 2.58. The number of halogens is 2. The Hall–Kier alpha value is -2.19. The van der Waals surface area contributed by atoms with Crippen molar-refractivity contribution in [2.75, 3.05) is 0 Å². The molecule has 8 heteroatoms. The van der Waals surface area contributed by atoms with Gasteiger partial charge in [0, 0.05) is 18.4 Å². The van der Waals surface area contributed by atoms with Crippen molar-refractivity contribution in [2.24, 2.45) is 11.8 Å². The van der Waals surface area contributed by atoms with Crippen molar-refractivity contribution >= 4 is 14.3 Å². The SMILES string of the molecule is C[C@@H]1CC2C(C=CC=CC(O[Si](C)(C)C(C)(C)C)Cc3cc(O)cc(O)c3C(=O)O1)C2(F)F. The minimum atomic E-state index is -2.84. The van der Waals surface area contributed by atoms with Gasteiger partial charge in [0.15, 0.2) is 8.32 Å². The molecule has 0 amide bonds. The van der Waals surface area contributed by atoms with Gasteiger partial charge < -0.3 is 19.4 Å². The lowest BCUT2D eigenvalue weighted by Crippen LogP contribution is -2.44. The van der Waals surface area contributed by atoms with E-state index in [0.717, 1.165) is 6.07 Å². The van der Waals surface area contributed by atoms with Crippen LogP contribution in [0.5, 0.6) is 11.5 Å². The van der Waals surface area contributed by atoms with E-state index < -0.39 is 50.0 Å². The van der Waals surface area contributed by atoms with Gasteiger partial charge in [-0.3, -0.25) is 0 Å². The molecule has 1 fully saturated rings. The van der Waals surface area contributed by atoms with E-state index in [9.17, 15) is 23.8 Å². The van der Waals surface area contributed by atoms with Crippen molar-refractivity contribution in [3.63, 3.8) is 0 Å². The van der Waals surface area contributed by atoms with Crippen LogP contribution in [0.2, 0.25) is 18.1 Å². The molecule has 1 aliphatic heterocycles. The Morgan fingerprint density at radius 1 is 1.15 bits per heavy atom. The second-order valence-electron chi connectivity index (χ2n) is 10.6. The first kappa shape index (κ1) is 25.4. The molecular weight excluding hydrogens is 446 g/mol. The Kier molecular flexibility index (Phi) is 6.84. The number of esters is 1. The molecule has 1 saturated carbocycles. The first-order chi connectivity index (χ1) is 15.1. The highest BCUT2D eigenvalue weighted by molar-refractivity contribution is 6.74. The van der Waals surface area contributed by atoms with Crippen LogP contribution in [0.1, 0.15) is 50.0 Å². The van der Waals surface area contributed by atoms with Gasteiger partial charge in [-0.1, -0.05) is 45.1 Å². The average Bonchev–Trinajstić information content (AvgIpc) is 3.14. The van der Waals surface area contributed by atoms with Gasteiger partial charge in [-0.15, -0.1) is 0 Å². The van der Waals surface area contributed by atoms with Gasteiger partial charge in [-0.05, 0) is 43.1 Å². The minimum absolute atomic E-state index is 0.0166. The molecule has 1 aliphatic carbocycles. The number of carbonyl (C=O) groups excluding carboxylic acids is 1. The molecule has 3 rings (SSSR count). The lowest BCUT2D eigenvalue weighted by Gasteiger charge is -2.38. The molecule has 1 aromatic carbocycles. The van der Waals surface area contributed by atoms with Crippen LogP contribution in [0.15, 0.2) is 36.4 Å². The number of phenolic OH excluding ortho intramolecular Hbond substituents is 2. The highest BCUT2D eigenvalue weighted by Gasteiger charge is 2.66. The third-order valence-corrected chi connectivity index (χ3v) is 11.5. The van der Waals surface area contributed by atoms with Gasteiger partial charge in [0.1, 0.15) is 17.1 Å². The van der Waals surface area contributed by atoms with Crippen molar-refractivity contribution < 1.29 is 33.0 Å². The largest absolute Gasteiger partial charge is 0.508 e. The van der Waals surface area contributed by atoms with Gasteiger partial charge in [0.2, 0.25) is 0 Å². The molecule has 0 saturated heterocycles. The van der Waals surface area contributed by atoms with Gasteiger partial charge >= 0.3 is 5.97 Å². The Bertz CT molecular complexity index is 964. The second-order valence-corrected chi connectivity index (χ2v) is 15.4. The fraction of sp³-hybridized carbons (Fsp3) is 0.560. The molecule has 5 nitrogen and oxygen atoms in total. The summed E-state index contributed by atoms with van der Waals surface area (Å²) in [6.07, 6.45) is 5.53. The smallest absolute Gasteiger partial charge is 0.342 e. The van der Waals surface area contributed by atoms with E-state index in [1.165, 1.54) is 12.1 Å². The molecular formula is C25H34F2O5Si. The number of hydrogen-bond donors (Lipinski definition) is 2. The van der Waals surface area contributed by atoms with E-state index in [1.807, 2.05) is 0 Å². The molecule has 0 radical (unpaired) electrons. The number of alkyl halides is 2. The maximum absolute atomic E-state index is 14.2. The normalized spacial score (nSPS) is 27.8. The zero-order valence-corrected chi connectivity index (χ0v) is 21.1. The summed E-state index contributed by atoms with van der Waals surface area (Å²) in [4.78, 5) is 12.9. The number of ether oxygens (including phenoxy) is 1. The fourth-order valence-corrected chi connectivity index (χ4v) is 5.26. The fourth-order valence-electron chi connectivity index (χ4n) is 3.99. The summed E-state index contributed by atoms with van der Waals surface area (Å²) in [6, 6.07) is 2.48. The topological polar surface area (TPSA) is 76.0 Å². The predicted octanol–water partition coefficient (Wildman–Crippen LogP) is 5.97. The standard InChI is InChI=1S/C25H34F2O5Si/c1-15-11-20-19(25(20,26)27)10-8-7-9-18(32-33(5,6)24(2,3)4)13-16-12-17(28)14-21(29)22(16)23(30)31-15/h7-10,12,14-15,18-20,28-29H,11,13H2,1-6H3/t15-,18?,19?,20?/m1/s1. The molecule has 2 N–H and O–H groups in total. The van der Waals surface area contributed by atoms with Gasteiger partial charge in [-0.25, -0.2) is 13.6 Å². The number of rotatable bonds is 2. The number of aromatic hydroxyl groups is 2. The van der Waals surface area contributed by atoms with E-state index in [4.69, 9.17) is 9.16 Å². The first-order valence-corrected chi connectivity index (χ1v) is 14.2. The van der Waals surface area contributed by atoms with Crippen LogP contribution in [0.3, 0.4) is 0 Å². The molecule has 0 spiro atoms. The van der Waals surface area contributed by atoms with Crippen LogP contribution in [0, 0.1) is 11.8 Å². The molecule has 33 heavy (non-hydrogen) atoms. The van der Waals surface area contributed by atoms with Gasteiger partial charge in [-0.2, -0.15) is 0 Å². The summed E-state index contributed by atoms with van der Waals surface area (Å²) in [5, 5.41) is 20.4. The molecule has 182 valence electrons. The molecule has 4 atom stereocenters. The predicted molar refractivity (Wildman–Crippen MR) is 125 cm³/mol. The molecule has 1 heterocycles. The zero-order chi connectivity index (χ0) is 24.8. The maximum Gasteiger partial charge on any atom is 0.342 e. The number of fused-ring (bicyclic) bond motifs is 2. The van der Waals surface area contributed by atoms with Crippen LogP contribution in [-0.4, -0.2) is 42.6 Å². The quantitative estimate of drug-likeness (QED) is 0.403. The molecule has 3 unspecified atom stereocenters. The van der Waals surface area contributed by atoms with E-state index >= 15 is 0 Å². The summed E-state index contributed by atoms with van der Waals surface area (Å²) >= 11 is 0. The van der Waals surface area contributed by atoms with Crippen LogP contribution in [0.25, 0.3) is 0 Å². The third-order valence-electron chi connectivity index (χ3n) is 6.97. The molecule has 2 aliphatic rings. The van der Waals surface area contributed by atoms with Crippen molar-refractivity contribution in [3.8, 4) is 11.5 Å². The Morgan fingerprint density at radius 3 is 2.42 bits per heavy atom. The van der Waals surface area contributed by atoms with Crippen LogP contribution < -0.4 is 0 Å². The van der Waals surface area contributed by atoms with E-state index in [2.05, 4.69) is 33.9 Å². The third kappa shape index (κ3) is 5.49. The summed E-state index contributed by atoms with van der Waals surface area (Å²) in [6.45, 7) is 12.1. The lowest BCUT2D eigenvalue weighted by molar-refractivity contribution is 0.0246. The highest BCUT2D eigenvalue weighted by atomic mass is 28.4. The summed E-state index contributed by atoms with van der Waals surface area (Å²) in [5.41, 5.74) is 0.289. The van der Waals surface area contributed by atoms with Crippen molar-refractivity contribution in [2.45, 2.75) is 76.8 Å². The lowest BCUT2D eigenvalue weighted by atomic mass is 9.99.